The van der Waals surface area contributed by atoms with Gasteiger partial charge in [0.15, 0.2) is 0 Å². The molecule has 2 rings (SSSR count). The van der Waals surface area contributed by atoms with Gasteiger partial charge in [-0.15, -0.1) is 0 Å². The van der Waals surface area contributed by atoms with Crippen LogP contribution in [0.1, 0.15) is 42.9 Å². The summed E-state index contributed by atoms with van der Waals surface area (Å²) in [7, 11) is 0. The molecule has 0 saturated carbocycles. The molecule has 7 nitrogen and oxygen atoms in total. The first-order valence-corrected chi connectivity index (χ1v) is 8.22. The highest BCUT2D eigenvalue weighted by atomic mass is 16.5. The first-order valence-electron chi connectivity index (χ1n) is 8.22. The van der Waals surface area contributed by atoms with Crippen LogP contribution in [0.5, 0.6) is 0 Å². The van der Waals surface area contributed by atoms with E-state index in [1.807, 2.05) is 13.8 Å². The largest absolute Gasteiger partial charge is 0.472 e. The first-order chi connectivity index (χ1) is 12.0. The van der Waals surface area contributed by atoms with Crippen LogP contribution < -0.4 is 10.6 Å². The Labute approximate surface area is 146 Å². The fourth-order valence-corrected chi connectivity index (χ4v) is 2.14. The Morgan fingerprint density at radius 3 is 2.52 bits per heavy atom. The summed E-state index contributed by atoms with van der Waals surface area (Å²) in [6.45, 7) is 6.59. The molecule has 136 valence electrons. The number of nitrogens with one attached hydrogen (secondary N) is 2. The van der Waals surface area contributed by atoms with E-state index in [0.29, 0.717) is 30.5 Å². The summed E-state index contributed by atoms with van der Waals surface area (Å²) in [5.74, 6) is 0.292. The van der Waals surface area contributed by atoms with Crippen molar-refractivity contribution in [2.24, 2.45) is 5.92 Å². The minimum absolute atomic E-state index is 0.291. The van der Waals surface area contributed by atoms with Gasteiger partial charge in [-0.3, -0.25) is 9.59 Å². The van der Waals surface area contributed by atoms with Gasteiger partial charge in [0.2, 0.25) is 5.91 Å². The van der Waals surface area contributed by atoms with Crippen molar-refractivity contribution >= 4 is 11.8 Å². The topological polar surface area (TPSA) is 93.7 Å². The molecule has 0 bridgehead atoms. The van der Waals surface area contributed by atoms with Gasteiger partial charge in [0, 0.05) is 6.61 Å². The standard InChI is InChI=1S/C18H24N2O5/c1-12(2)9-24-11-15(16-5-4-7-25-16)20-17(21)13(3)19-18(22)14-6-8-23-10-14/h4-8,10,12-13,15H,9,11H2,1-3H3,(H,19,22)(H,20,21). The van der Waals surface area contributed by atoms with E-state index in [9.17, 15) is 9.59 Å². The number of amides is 2. The number of hydrogen-bond donors (Lipinski definition) is 2. The average Bonchev–Trinajstić information content (AvgIpc) is 3.26. The maximum Gasteiger partial charge on any atom is 0.255 e. The molecule has 0 fully saturated rings. The van der Waals surface area contributed by atoms with Gasteiger partial charge in [0.1, 0.15) is 24.1 Å². The lowest BCUT2D eigenvalue weighted by Gasteiger charge is -2.20. The lowest BCUT2D eigenvalue weighted by atomic mass is 10.2. The molecule has 2 heterocycles. The number of rotatable bonds is 9. The molecule has 0 aliphatic heterocycles. The number of ether oxygens (including phenoxy) is 1. The van der Waals surface area contributed by atoms with E-state index in [4.69, 9.17) is 13.6 Å². The molecule has 2 unspecified atom stereocenters. The maximum atomic E-state index is 12.4. The van der Waals surface area contributed by atoms with Gasteiger partial charge >= 0.3 is 0 Å². The van der Waals surface area contributed by atoms with Crippen molar-refractivity contribution in [1.82, 2.24) is 10.6 Å². The quantitative estimate of drug-likeness (QED) is 0.726. The number of carbonyl (C=O) groups is 2. The maximum absolute atomic E-state index is 12.4. The van der Waals surface area contributed by atoms with Crippen LogP contribution in [0.4, 0.5) is 0 Å². The highest BCUT2D eigenvalue weighted by molar-refractivity contribution is 5.97. The summed E-state index contributed by atoms with van der Waals surface area (Å²) in [6.07, 6.45) is 4.27. The zero-order valence-electron chi connectivity index (χ0n) is 14.7. The summed E-state index contributed by atoms with van der Waals surface area (Å²) in [5.41, 5.74) is 0.363. The average molecular weight is 348 g/mol. The summed E-state index contributed by atoms with van der Waals surface area (Å²) in [4.78, 5) is 24.4. The lowest BCUT2D eigenvalue weighted by Crippen LogP contribution is -2.46. The normalized spacial score (nSPS) is 13.4. The Kier molecular flexibility index (Phi) is 6.82. The summed E-state index contributed by atoms with van der Waals surface area (Å²) in [5, 5.41) is 5.47. The highest BCUT2D eigenvalue weighted by Gasteiger charge is 2.23. The van der Waals surface area contributed by atoms with Crippen molar-refractivity contribution < 1.29 is 23.2 Å². The Morgan fingerprint density at radius 2 is 1.92 bits per heavy atom. The predicted octanol–water partition coefficient (Wildman–Crippen LogP) is 2.52. The van der Waals surface area contributed by atoms with E-state index in [-0.39, 0.29) is 11.8 Å². The molecular formula is C18H24N2O5. The fourth-order valence-electron chi connectivity index (χ4n) is 2.14. The van der Waals surface area contributed by atoms with Crippen LogP contribution in [0.15, 0.2) is 45.8 Å². The van der Waals surface area contributed by atoms with E-state index in [2.05, 4.69) is 10.6 Å². The summed E-state index contributed by atoms with van der Waals surface area (Å²) in [6, 6.07) is 3.92. The van der Waals surface area contributed by atoms with E-state index in [1.165, 1.54) is 18.6 Å². The molecule has 0 aliphatic carbocycles. The van der Waals surface area contributed by atoms with Crippen molar-refractivity contribution in [3.05, 3.63) is 48.3 Å². The Morgan fingerprint density at radius 1 is 1.12 bits per heavy atom. The molecular weight excluding hydrogens is 324 g/mol. The van der Waals surface area contributed by atoms with Gasteiger partial charge in [0.05, 0.1) is 24.7 Å². The monoisotopic (exact) mass is 348 g/mol. The van der Waals surface area contributed by atoms with Crippen LogP contribution in [-0.2, 0) is 9.53 Å². The lowest BCUT2D eigenvalue weighted by molar-refractivity contribution is -0.124. The third-order valence-electron chi connectivity index (χ3n) is 3.46. The second-order valence-corrected chi connectivity index (χ2v) is 6.22. The second-order valence-electron chi connectivity index (χ2n) is 6.22. The second kappa shape index (κ2) is 9.08. The van der Waals surface area contributed by atoms with Crippen molar-refractivity contribution in [3.63, 3.8) is 0 Å². The highest BCUT2D eigenvalue weighted by Crippen LogP contribution is 2.15. The predicted molar refractivity (Wildman–Crippen MR) is 90.9 cm³/mol. The Hall–Kier alpha value is -2.54. The number of carbonyl (C=O) groups excluding carboxylic acids is 2. The van der Waals surface area contributed by atoms with E-state index in [0.717, 1.165) is 0 Å². The number of furan rings is 2. The molecule has 2 amide bonds. The van der Waals surface area contributed by atoms with E-state index >= 15 is 0 Å². The third-order valence-corrected chi connectivity index (χ3v) is 3.46. The van der Waals surface area contributed by atoms with Gasteiger partial charge in [-0.1, -0.05) is 13.8 Å². The first kappa shape index (κ1) is 18.8. The number of hydrogen-bond acceptors (Lipinski definition) is 5. The van der Waals surface area contributed by atoms with Gasteiger partial charge < -0.3 is 24.2 Å². The van der Waals surface area contributed by atoms with Crippen molar-refractivity contribution in [1.29, 1.82) is 0 Å². The fraction of sp³-hybridized carbons (Fsp3) is 0.444. The SMILES string of the molecule is CC(C)COCC(NC(=O)C(C)NC(=O)c1ccoc1)c1ccco1. The molecule has 2 aromatic rings. The minimum atomic E-state index is -0.718. The Bertz CT molecular complexity index is 649. The molecule has 0 radical (unpaired) electrons. The van der Waals surface area contributed by atoms with Crippen molar-refractivity contribution in [2.75, 3.05) is 13.2 Å². The smallest absolute Gasteiger partial charge is 0.255 e. The molecule has 2 atom stereocenters. The molecule has 25 heavy (non-hydrogen) atoms. The van der Waals surface area contributed by atoms with Gasteiger partial charge in [-0.2, -0.15) is 0 Å². The van der Waals surface area contributed by atoms with Crippen LogP contribution in [0.3, 0.4) is 0 Å². The van der Waals surface area contributed by atoms with Crippen molar-refractivity contribution in [2.45, 2.75) is 32.9 Å². The zero-order chi connectivity index (χ0) is 18.2. The van der Waals surface area contributed by atoms with Crippen LogP contribution >= 0.6 is 0 Å². The van der Waals surface area contributed by atoms with Gasteiger partial charge in [0.25, 0.3) is 5.91 Å². The van der Waals surface area contributed by atoms with E-state index < -0.39 is 12.1 Å². The summed E-state index contributed by atoms with van der Waals surface area (Å²) < 4.78 is 15.9. The van der Waals surface area contributed by atoms with Crippen LogP contribution in [0.2, 0.25) is 0 Å². The molecule has 0 aromatic carbocycles. The van der Waals surface area contributed by atoms with Crippen molar-refractivity contribution in [3.8, 4) is 0 Å². The molecule has 7 heteroatoms. The molecule has 0 aliphatic rings. The van der Waals surface area contributed by atoms with E-state index in [1.54, 1.807) is 25.3 Å². The molecule has 0 spiro atoms. The molecule has 2 N–H and O–H groups in total. The summed E-state index contributed by atoms with van der Waals surface area (Å²) >= 11 is 0. The van der Waals surface area contributed by atoms with Crippen LogP contribution in [-0.4, -0.2) is 31.1 Å². The minimum Gasteiger partial charge on any atom is -0.472 e. The molecule has 0 saturated heterocycles. The van der Waals surface area contributed by atoms with Gasteiger partial charge in [-0.05, 0) is 31.0 Å². The van der Waals surface area contributed by atoms with Gasteiger partial charge in [-0.25, -0.2) is 0 Å². The Balaban J connectivity index is 1.92. The zero-order valence-corrected chi connectivity index (χ0v) is 14.7. The third kappa shape index (κ3) is 5.79. The molecule has 2 aromatic heterocycles. The van der Waals surface area contributed by atoms with Crippen LogP contribution in [0, 0.1) is 5.92 Å². The van der Waals surface area contributed by atoms with Crippen LogP contribution in [0.25, 0.3) is 0 Å².